The molecule has 0 aliphatic carbocycles. The Kier molecular flexibility index (Phi) is 4.49. The number of ether oxygens (including phenoxy) is 2. The fourth-order valence-electron chi connectivity index (χ4n) is 2.71. The van der Waals surface area contributed by atoms with Crippen molar-refractivity contribution in [2.24, 2.45) is 0 Å². The Labute approximate surface area is 135 Å². The van der Waals surface area contributed by atoms with Gasteiger partial charge >= 0.3 is 0 Å². The summed E-state index contributed by atoms with van der Waals surface area (Å²) in [5, 5.41) is 9.31. The SMILES string of the molecule is C[C@@H]1CN(c2oc(COc3ccccc3)nc2C#N)C[C@H](C)O1. The molecule has 1 saturated heterocycles. The molecule has 6 nitrogen and oxygen atoms in total. The molecule has 0 spiro atoms. The number of hydrogen-bond donors (Lipinski definition) is 0. The lowest BCUT2D eigenvalue weighted by Gasteiger charge is -2.34. The minimum absolute atomic E-state index is 0.0828. The lowest BCUT2D eigenvalue weighted by Crippen LogP contribution is -2.45. The van der Waals surface area contributed by atoms with Crippen molar-refractivity contribution in [3.63, 3.8) is 0 Å². The van der Waals surface area contributed by atoms with Crippen LogP contribution in [0.25, 0.3) is 0 Å². The number of oxazole rings is 1. The first kappa shape index (κ1) is 15.4. The van der Waals surface area contributed by atoms with Gasteiger partial charge in [0.05, 0.1) is 12.2 Å². The standard InChI is InChI=1S/C17H19N3O3/c1-12-9-20(10-13(2)22-12)17-15(8-18)19-16(23-17)11-21-14-6-4-3-5-7-14/h3-7,12-13H,9-11H2,1-2H3/t12-,13+. The van der Waals surface area contributed by atoms with Crippen molar-refractivity contribution >= 4 is 5.88 Å². The second-order valence-electron chi connectivity index (χ2n) is 5.64. The van der Waals surface area contributed by atoms with Gasteiger partial charge in [-0.15, -0.1) is 0 Å². The highest BCUT2D eigenvalue weighted by Crippen LogP contribution is 2.26. The topological polar surface area (TPSA) is 71.5 Å². The predicted molar refractivity (Wildman–Crippen MR) is 84.2 cm³/mol. The van der Waals surface area contributed by atoms with E-state index in [9.17, 15) is 5.26 Å². The zero-order valence-electron chi connectivity index (χ0n) is 13.2. The molecule has 1 aliphatic rings. The van der Waals surface area contributed by atoms with Crippen LogP contribution in [-0.2, 0) is 11.3 Å². The number of benzene rings is 1. The maximum atomic E-state index is 9.31. The van der Waals surface area contributed by atoms with Crippen molar-refractivity contribution in [3.8, 4) is 11.8 Å². The molecule has 23 heavy (non-hydrogen) atoms. The minimum Gasteiger partial charge on any atom is -0.484 e. The molecule has 3 rings (SSSR count). The first-order valence-electron chi connectivity index (χ1n) is 7.63. The van der Waals surface area contributed by atoms with Gasteiger partial charge in [0.15, 0.2) is 6.61 Å². The largest absolute Gasteiger partial charge is 0.484 e. The molecule has 6 heteroatoms. The highest BCUT2D eigenvalue weighted by atomic mass is 16.5. The first-order chi connectivity index (χ1) is 11.2. The number of hydrogen-bond acceptors (Lipinski definition) is 6. The van der Waals surface area contributed by atoms with E-state index in [1.165, 1.54) is 0 Å². The fraction of sp³-hybridized carbons (Fsp3) is 0.412. The van der Waals surface area contributed by atoms with Crippen LogP contribution in [0.1, 0.15) is 25.4 Å². The van der Waals surface area contributed by atoms with Crippen LogP contribution in [0.15, 0.2) is 34.7 Å². The summed E-state index contributed by atoms with van der Waals surface area (Å²) < 4.78 is 17.1. The van der Waals surface area contributed by atoms with Gasteiger partial charge in [-0.2, -0.15) is 10.2 Å². The smallest absolute Gasteiger partial charge is 0.236 e. The number of aromatic nitrogens is 1. The summed E-state index contributed by atoms with van der Waals surface area (Å²) in [5.74, 6) is 1.63. The van der Waals surface area contributed by atoms with E-state index in [2.05, 4.69) is 11.1 Å². The van der Waals surface area contributed by atoms with Crippen molar-refractivity contribution < 1.29 is 13.9 Å². The molecule has 0 radical (unpaired) electrons. The summed E-state index contributed by atoms with van der Waals surface area (Å²) in [6.45, 7) is 5.55. The Hall–Kier alpha value is -2.52. The first-order valence-corrected chi connectivity index (χ1v) is 7.63. The van der Waals surface area contributed by atoms with Gasteiger partial charge in [-0.1, -0.05) is 18.2 Å². The molecule has 1 fully saturated rings. The van der Waals surface area contributed by atoms with Gasteiger partial charge in [0.25, 0.3) is 0 Å². The summed E-state index contributed by atoms with van der Waals surface area (Å²) in [5.41, 5.74) is 0.290. The fourth-order valence-corrected chi connectivity index (χ4v) is 2.71. The number of nitriles is 1. The number of rotatable bonds is 4. The van der Waals surface area contributed by atoms with Gasteiger partial charge in [0, 0.05) is 13.1 Å². The second-order valence-corrected chi connectivity index (χ2v) is 5.64. The zero-order valence-corrected chi connectivity index (χ0v) is 13.2. The van der Waals surface area contributed by atoms with Crippen LogP contribution in [0, 0.1) is 11.3 Å². The average molecular weight is 313 g/mol. The molecule has 2 aromatic rings. The van der Waals surface area contributed by atoms with E-state index >= 15 is 0 Å². The van der Waals surface area contributed by atoms with Crippen LogP contribution < -0.4 is 9.64 Å². The quantitative estimate of drug-likeness (QED) is 0.864. The van der Waals surface area contributed by atoms with Crippen LogP contribution in [0.2, 0.25) is 0 Å². The molecular formula is C17H19N3O3. The van der Waals surface area contributed by atoms with Gasteiger partial charge in [-0.05, 0) is 26.0 Å². The van der Waals surface area contributed by atoms with Crippen molar-refractivity contribution in [2.45, 2.75) is 32.7 Å². The van der Waals surface area contributed by atoms with Crippen molar-refractivity contribution in [2.75, 3.05) is 18.0 Å². The van der Waals surface area contributed by atoms with E-state index in [4.69, 9.17) is 13.9 Å². The molecule has 2 atom stereocenters. The van der Waals surface area contributed by atoms with Crippen molar-refractivity contribution in [1.29, 1.82) is 5.26 Å². The van der Waals surface area contributed by atoms with Gasteiger partial charge in [-0.3, -0.25) is 0 Å². The van der Waals surface area contributed by atoms with Gasteiger partial charge < -0.3 is 18.8 Å². The summed E-state index contributed by atoms with van der Waals surface area (Å²) in [6, 6.07) is 11.5. The molecule has 1 aromatic carbocycles. The third-order valence-electron chi connectivity index (χ3n) is 3.57. The minimum atomic E-state index is 0.0828. The van der Waals surface area contributed by atoms with Gasteiger partial charge in [0.2, 0.25) is 17.5 Å². The van der Waals surface area contributed by atoms with Crippen LogP contribution >= 0.6 is 0 Å². The Balaban J connectivity index is 1.74. The normalized spacial score (nSPS) is 21.0. The number of anilines is 1. The van der Waals surface area contributed by atoms with Gasteiger partial charge in [-0.25, -0.2) is 0 Å². The third kappa shape index (κ3) is 3.63. The molecule has 0 unspecified atom stereocenters. The highest BCUT2D eigenvalue weighted by molar-refractivity contribution is 5.48. The summed E-state index contributed by atoms with van der Waals surface area (Å²) >= 11 is 0. The number of nitrogens with zero attached hydrogens (tertiary/aromatic N) is 3. The Morgan fingerprint density at radius 1 is 1.26 bits per heavy atom. The molecular weight excluding hydrogens is 294 g/mol. The maximum absolute atomic E-state index is 9.31. The average Bonchev–Trinajstić information content (AvgIpc) is 2.96. The second kappa shape index (κ2) is 6.71. The van der Waals surface area contributed by atoms with Crippen LogP contribution in [0.3, 0.4) is 0 Å². The zero-order chi connectivity index (χ0) is 16.2. The highest BCUT2D eigenvalue weighted by Gasteiger charge is 2.27. The molecule has 0 saturated carbocycles. The molecule has 120 valence electrons. The lowest BCUT2D eigenvalue weighted by molar-refractivity contribution is -0.00651. The summed E-state index contributed by atoms with van der Waals surface area (Å²) in [4.78, 5) is 6.24. The molecule has 0 amide bonds. The van der Waals surface area contributed by atoms with E-state index < -0.39 is 0 Å². The Morgan fingerprint density at radius 2 is 1.96 bits per heavy atom. The van der Waals surface area contributed by atoms with E-state index in [1.807, 2.05) is 49.1 Å². The monoisotopic (exact) mass is 313 g/mol. The van der Waals surface area contributed by atoms with E-state index in [1.54, 1.807) is 0 Å². The number of morpholine rings is 1. The molecule has 0 N–H and O–H groups in total. The van der Waals surface area contributed by atoms with Crippen LogP contribution in [0.4, 0.5) is 5.88 Å². The van der Waals surface area contributed by atoms with Gasteiger partial charge in [0.1, 0.15) is 11.8 Å². The van der Waals surface area contributed by atoms with E-state index in [0.29, 0.717) is 24.9 Å². The molecule has 0 bridgehead atoms. The Bertz CT molecular complexity index is 683. The van der Waals surface area contributed by atoms with Crippen molar-refractivity contribution in [1.82, 2.24) is 4.98 Å². The van der Waals surface area contributed by atoms with Crippen LogP contribution in [0.5, 0.6) is 5.75 Å². The van der Waals surface area contributed by atoms with E-state index in [-0.39, 0.29) is 24.5 Å². The predicted octanol–water partition coefficient (Wildman–Crippen LogP) is 2.74. The molecule has 1 aliphatic heterocycles. The number of para-hydroxylation sites is 1. The third-order valence-corrected chi connectivity index (χ3v) is 3.57. The van der Waals surface area contributed by atoms with Crippen molar-refractivity contribution in [3.05, 3.63) is 41.9 Å². The Morgan fingerprint density at radius 3 is 2.61 bits per heavy atom. The van der Waals surface area contributed by atoms with Crippen LogP contribution in [-0.4, -0.2) is 30.3 Å². The van der Waals surface area contributed by atoms with E-state index in [0.717, 1.165) is 5.75 Å². The maximum Gasteiger partial charge on any atom is 0.236 e. The summed E-state index contributed by atoms with van der Waals surface area (Å²) in [7, 11) is 0. The molecule has 1 aromatic heterocycles. The lowest BCUT2D eigenvalue weighted by atomic mass is 10.2. The summed E-state index contributed by atoms with van der Waals surface area (Å²) in [6.07, 6.45) is 0.166. The molecule has 2 heterocycles.